The zero-order chi connectivity index (χ0) is 12.3. The number of nitrogen functional groups attached to an aromatic ring is 1. The molecule has 1 heterocycles. The normalized spacial score (nSPS) is 13.4. The minimum Gasteiger partial charge on any atom is -0.396 e. The lowest BCUT2D eigenvalue weighted by Gasteiger charge is -2.15. The maximum absolute atomic E-state index is 11.1. The molecule has 90 valence electrons. The summed E-state index contributed by atoms with van der Waals surface area (Å²) in [7, 11) is -3.00. The molecule has 0 aliphatic heterocycles. The highest BCUT2D eigenvalue weighted by Crippen LogP contribution is 2.16. The van der Waals surface area contributed by atoms with Gasteiger partial charge in [-0.1, -0.05) is 0 Å². The van der Waals surface area contributed by atoms with Gasteiger partial charge in [-0.05, 0) is 26.0 Å². The number of rotatable bonds is 4. The molecular formula is C10H17N3O2S. The minimum atomic E-state index is -3.00. The van der Waals surface area contributed by atoms with Crippen molar-refractivity contribution in [1.29, 1.82) is 0 Å². The van der Waals surface area contributed by atoms with Gasteiger partial charge in [0.15, 0.2) is 0 Å². The first-order valence-corrected chi connectivity index (χ1v) is 7.01. The summed E-state index contributed by atoms with van der Waals surface area (Å²) >= 11 is 0. The lowest BCUT2D eigenvalue weighted by molar-refractivity contribution is 0.598. The number of hydrogen-bond acceptors (Lipinski definition) is 5. The van der Waals surface area contributed by atoms with Gasteiger partial charge in [-0.15, -0.1) is 0 Å². The summed E-state index contributed by atoms with van der Waals surface area (Å²) < 4.78 is 22.2. The number of aryl methyl sites for hydroxylation is 1. The summed E-state index contributed by atoms with van der Waals surface area (Å²) in [6.45, 7) is 3.64. The molecule has 0 fully saturated rings. The Labute approximate surface area is 96.0 Å². The van der Waals surface area contributed by atoms with Crippen LogP contribution in [0.3, 0.4) is 0 Å². The first-order chi connectivity index (χ1) is 7.28. The zero-order valence-corrected chi connectivity index (χ0v) is 10.5. The number of nitrogens with one attached hydrogen (secondary N) is 1. The zero-order valence-electron chi connectivity index (χ0n) is 9.69. The van der Waals surface area contributed by atoms with E-state index in [0.29, 0.717) is 11.5 Å². The molecule has 0 aliphatic carbocycles. The SMILES string of the molecule is Cc1ccc(N)c(NC(C)CS(C)(=O)=O)n1. The van der Waals surface area contributed by atoms with Crippen molar-refractivity contribution in [3.05, 3.63) is 17.8 Å². The van der Waals surface area contributed by atoms with E-state index in [1.54, 1.807) is 13.0 Å². The van der Waals surface area contributed by atoms with Crippen LogP contribution in [-0.4, -0.2) is 31.5 Å². The summed E-state index contributed by atoms with van der Waals surface area (Å²) in [6.07, 6.45) is 1.21. The smallest absolute Gasteiger partial charge is 0.149 e. The molecule has 3 N–H and O–H groups in total. The fourth-order valence-electron chi connectivity index (χ4n) is 1.41. The second kappa shape index (κ2) is 4.69. The maximum Gasteiger partial charge on any atom is 0.149 e. The molecule has 1 aromatic heterocycles. The number of pyridine rings is 1. The van der Waals surface area contributed by atoms with Crippen molar-refractivity contribution in [3.8, 4) is 0 Å². The lowest BCUT2D eigenvalue weighted by atomic mass is 10.3. The number of anilines is 2. The molecule has 6 heteroatoms. The van der Waals surface area contributed by atoms with E-state index in [2.05, 4.69) is 10.3 Å². The third kappa shape index (κ3) is 4.06. The van der Waals surface area contributed by atoms with Crippen LogP contribution in [-0.2, 0) is 9.84 Å². The highest BCUT2D eigenvalue weighted by atomic mass is 32.2. The van der Waals surface area contributed by atoms with Crippen molar-refractivity contribution in [2.24, 2.45) is 0 Å². The molecule has 0 aliphatic rings. The van der Waals surface area contributed by atoms with Crippen LogP contribution in [0.5, 0.6) is 0 Å². The molecule has 16 heavy (non-hydrogen) atoms. The second-order valence-corrected chi connectivity index (χ2v) is 6.21. The highest BCUT2D eigenvalue weighted by molar-refractivity contribution is 7.90. The van der Waals surface area contributed by atoms with Gasteiger partial charge in [0.05, 0.1) is 11.4 Å². The first-order valence-electron chi connectivity index (χ1n) is 4.95. The van der Waals surface area contributed by atoms with Crippen LogP contribution in [0.2, 0.25) is 0 Å². The van der Waals surface area contributed by atoms with E-state index in [1.165, 1.54) is 6.26 Å². The van der Waals surface area contributed by atoms with Crippen molar-refractivity contribution < 1.29 is 8.42 Å². The van der Waals surface area contributed by atoms with E-state index in [9.17, 15) is 8.42 Å². The Kier molecular flexibility index (Phi) is 3.74. The molecule has 0 amide bonds. The Morgan fingerprint density at radius 1 is 1.50 bits per heavy atom. The Hall–Kier alpha value is -1.30. The van der Waals surface area contributed by atoms with Gasteiger partial charge >= 0.3 is 0 Å². The standard InChI is InChI=1S/C10H17N3O2S/c1-7-4-5-9(11)10(12-7)13-8(2)6-16(3,14)15/h4-5,8H,6,11H2,1-3H3,(H,12,13). The molecule has 0 bridgehead atoms. The number of sulfone groups is 1. The van der Waals surface area contributed by atoms with Crippen LogP contribution in [0.25, 0.3) is 0 Å². The third-order valence-electron chi connectivity index (χ3n) is 2.00. The van der Waals surface area contributed by atoms with Crippen molar-refractivity contribution in [3.63, 3.8) is 0 Å². The fraction of sp³-hybridized carbons (Fsp3) is 0.500. The summed E-state index contributed by atoms with van der Waals surface area (Å²) in [5.41, 5.74) is 7.08. The maximum atomic E-state index is 11.1. The third-order valence-corrected chi connectivity index (χ3v) is 3.11. The Morgan fingerprint density at radius 3 is 2.69 bits per heavy atom. The van der Waals surface area contributed by atoms with Gasteiger partial charge < -0.3 is 11.1 Å². The highest BCUT2D eigenvalue weighted by Gasteiger charge is 2.12. The molecule has 0 saturated heterocycles. The van der Waals surface area contributed by atoms with E-state index < -0.39 is 9.84 Å². The van der Waals surface area contributed by atoms with Gasteiger partial charge in [0, 0.05) is 18.0 Å². The monoisotopic (exact) mass is 243 g/mol. The number of nitrogens with two attached hydrogens (primary N) is 1. The Bertz CT molecular complexity index is 471. The van der Waals surface area contributed by atoms with E-state index in [0.717, 1.165) is 5.69 Å². The van der Waals surface area contributed by atoms with Gasteiger partial charge in [-0.2, -0.15) is 0 Å². The van der Waals surface area contributed by atoms with Crippen LogP contribution < -0.4 is 11.1 Å². The molecule has 0 spiro atoms. The molecule has 1 unspecified atom stereocenters. The Balaban J connectivity index is 2.77. The van der Waals surface area contributed by atoms with Crippen LogP contribution in [0.15, 0.2) is 12.1 Å². The van der Waals surface area contributed by atoms with Crippen LogP contribution >= 0.6 is 0 Å². The van der Waals surface area contributed by atoms with Crippen molar-refractivity contribution in [1.82, 2.24) is 4.98 Å². The first kappa shape index (κ1) is 12.8. The fourth-order valence-corrected chi connectivity index (χ4v) is 2.40. The topological polar surface area (TPSA) is 85.1 Å². The molecule has 0 saturated carbocycles. The molecular weight excluding hydrogens is 226 g/mol. The van der Waals surface area contributed by atoms with Crippen molar-refractivity contribution >= 4 is 21.3 Å². The van der Waals surface area contributed by atoms with Crippen LogP contribution in [0.1, 0.15) is 12.6 Å². The van der Waals surface area contributed by atoms with Crippen LogP contribution in [0, 0.1) is 6.92 Å². The van der Waals surface area contributed by atoms with Crippen LogP contribution in [0.4, 0.5) is 11.5 Å². The summed E-state index contributed by atoms with van der Waals surface area (Å²) in [4.78, 5) is 4.21. The lowest BCUT2D eigenvalue weighted by Crippen LogP contribution is -2.26. The van der Waals surface area contributed by atoms with E-state index >= 15 is 0 Å². The number of nitrogens with zero attached hydrogens (tertiary/aromatic N) is 1. The minimum absolute atomic E-state index is 0.0576. The summed E-state index contributed by atoms with van der Waals surface area (Å²) in [5.74, 6) is 0.596. The second-order valence-electron chi connectivity index (χ2n) is 4.03. The quantitative estimate of drug-likeness (QED) is 0.817. The molecule has 0 radical (unpaired) electrons. The van der Waals surface area contributed by atoms with Crippen molar-refractivity contribution in [2.45, 2.75) is 19.9 Å². The molecule has 5 nitrogen and oxygen atoms in total. The predicted molar refractivity (Wildman–Crippen MR) is 66.2 cm³/mol. The molecule has 1 aromatic rings. The number of aromatic nitrogens is 1. The molecule has 1 rings (SSSR count). The average Bonchev–Trinajstić information content (AvgIpc) is 2.08. The van der Waals surface area contributed by atoms with Gasteiger partial charge in [-0.25, -0.2) is 13.4 Å². The van der Waals surface area contributed by atoms with Gasteiger partial charge in [0.1, 0.15) is 15.7 Å². The van der Waals surface area contributed by atoms with Gasteiger partial charge in [-0.3, -0.25) is 0 Å². The van der Waals surface area contributed by atoms with E-state index in [1.807, 2.05) is 13.0 Å². The summed E-state index contributed by atoms with van der Waals surface area (Å²) in [6, 6.07) is 3.34. The van der Waals surface area contributed by atoms with E-state index in [4.69, 9.17) is 5.73 Å². The molecule has 0 aromatic carbocycles. The number of hydrogen-bond donors (Lipinski definition) is 2. The predicted octanol–water partition coefficient (Wildman–Crippen LogP) is 0.817. The van der Waals surface area contributed by atoms with Crippen molar-refractivity contribution in [2.75, 3.05) is 23.1 Å². The molecule has 1 atom stereocenters. The van der Waals surface area contributed by atoms with E-state index in [-0.39, 0.29) is 11.8 Å². The largest absolute Gasteiger partial charge is 0.396 e. The Morgan fingerprint density at radius 2 is 2.12 bits per heavy atom. The van der Waals surface area contributed by atoms with Gasteiger partial charge in [0.25, 0.3) is 0 Å². The van der Waals surface area contributed by atoms with Gasteiger partial charge in [0.2, 0.25) is 0 Å². The summed E-state index contributed by atoms with van der Waals surface area (Å²) in [5, 5.41) is 2.99. The average molecular weight is 243 g/mol.